The van der Waals surface area contributed by atoms with E-state index in [1.807, 2.05) is 12.1 Å². The van der Waals surface area contributed by atoms with Gasteiger partial charge in [-0.2, -0.15) is 0 Å². The number of aromatic nitrogens is 1. The van der Waals surface area contributed by atoms with Crippen molar-refractivity contribution in [3.63, 3.8) is 0 Å². The molecule has 0 aliphatic carbocycles. The first-order chi connectivity index (χ1) is 11.3. The Morgan fingerprint density at radius 3 is 2.67 bits per heavy atom. The van der Waals surface area contributed by atoms with Crippen molar-refractivity contribution in [2.24, 2.45) is 5.41 Å². The molecule has 1 heterocycles. The Hall–Kier alpha value is -2.63. The molecular formula is C18H22N2O4. The van der Waals surface area contributed by atoms with E-state index < -0.39 is 17.9 Å². The molecule has 1 aromatic carbocycles. The molecule has 0 atom stereocenters. The summed E-state index contributed by atoms with van der Waals surface area (Å²) in [5.74, 6) is -1.02. The molecule has 6 heteroatoms. The first-order valence-corrected chi connectivity index (χ1v) is 7.83. The lowest BCUT2D eigenvalue weighted by atomic mass is 9.93. The van der Waals surface area contributed by atoms with Crippen LogP contribution in [0.5, 0.6) is 5.88 Å². The first kappa shape index (κ1) is 17.7. The van der Waals surface area contributed by atoms with E-state index in [1.54, 1.807) is 20.0 Å². The molecule has 2 rings (SSSR count). The average molecular weight is 330 g/mol. The maximum Gasteiger partial charge on any atom is 0.322 e. The molecule has 0 spiro atoms. The normalized spacial score (nSPS) is 11.3. The third-order valence-electron chi connectivity index (χ3n) is 3.77. The third kappa shape index (κ3) is 4.44. The van der Waals surface area contributed by atoms with Gasteiger partial charge < -0.3 is 15.2 Å². The SMILES string of the molecule is CCc1ccc2cnc(OCC(C)(C)C(=O)NCC(=O)O)cc2c1. The maximum absolute atomic E-state index is 12.0. The highest BCUT2D eigenvalue weighted by molar-refractivity contribution is 5.85. The fraction of sp³-hybridized carbons (Fsp3) is 0.389. The zero-order valence-corrected chi connectivity index (χ0v) is 14.1. The van der Waals surface area contributed by atoms with Crippen LogP contribution in [0.3, 0.4) is 0 Å². The predicted molar refractivity (Wildman–Crippen MR) is 91.0 cm³/mol. The van der Waals surface area contributed by atoms with Crippen molar-refractivity contribution in [2.75, 3.05) is 13.2 Å². The molecule has 24 heavy (non-hydrogen) atoms. The molecule has 0 saturated carbocycles. The molecule has 1 aromatic heterocycles. The molecule has 0 radical (unpaired) electrons. The number of aryl methyl sites for hydroxylation is 1. The van der Waals surface area contributed by atoms with Gasteiger partial charge in [0.15, 0.2) is 0 Å². The van der Waals surface area contributed by atoms with Gasteiger partial charge in [0, 0.05) is 17.6 Å². The summed E-state index contributed by atoms with van der Waals surface area (Å²) < 4.78 is 5.66. The largest absolute Gasteiger partial charge is 0.480 e. The van der Waals surface area contributed by atoms with Crippen molar-refractivity contribution < 1.29 is 19.4 Å². The summed E-state index contributed by atoms with van der Waals surface area (Å²) in [6.45, 7) is 5.18. The van der Waals surface area contributed by atoms with Crippen LogP contribution in [0.4, 0.5) is 0 Å². The number of fused-ring (bicyclic) bond motifs is 1. The Kier molecular flexibility index (Phi) is 5.39. The van der Waals surface area contributed by atoms with Crippen molar-refractivity contribution in [1.82, 2.24) is 10.3 Å². The number of aliphatic carboxylic acids is 1. The van der Waals surface area contributed by atoms with Crippen molar-refractivity contribution in [1.29, 1.82) is 0 Å². The molecule has 2 N–H and O–H groups in total. The minimum Gasteiger partial charge on any atom is -0.480 e. The van der Waals surface area contributed by atoms with E-state index in [9.17, 15) is 9.59 Å². The number of nitrogens with zero attached hydrogens (tertiary/aromatic N) is 1. The van der Waals surface area contributed by atoms with Gasteiger partial charge in [-0.1, -0.05) is 25.1 Å². The lowest BCUT2D eigenvalue weighted by Gasteiger charge is -2.23. The number of amides is 1. The monoisotopic (exact) mass is 330 g/mol. The number of carboxylic acid groups (broad SMARTS) is 1. The molecule has 6 nitrogen and oxygen atoms in total. The number of ether oxygens (including phenoxy) is 1. The quantitative estimate of drug-likeness (QED) is 0.814. The van der Waals surface area contributed by atoms with Gasteiger partial charge in [-0.05, 0) is 31.2 Å². The number of pyridine rings is 1. The fourth-order valence-electron chi connectivity index (χ4n) is 2.18. The van der Waals surface area contributed by atoms with Gasteiger partial charge in [-0.15, -0.1) is 0 Å². The minimum atomic E-state index is -1.08. The summed E-state index contributed by atoms with van der Waals surface area (Å²) in [7, 11) is 0. The number of rotatable bonds is 7. The summed E-state index contributed by atoms with van der Waals surface area (Å²) in [6, 6.07) is 8.03. The highest BCUT2D eigenvalue weighted by atomic mass is 16.5. The lowest BCUT2D eigenvalue weighted by molar-refractivity contribution is -0.140. The number of nitrogens with one attached hydrogen (secondary N) is 1. The Balaban J connectivity index is 2.06. The van der Waals surface area contributed by atoms with E-state index in [0.717, 1.165) is 17.2 Å². The van der Waals surface area contributed by atoms with Crippen molar-refractivity contribution in [3.05, 3.63) is 36.0 Å². The second-order valence-corrected chi connectivity index (χ2v) is 6.31. The standard InChI is InChI=1S/C18H22N2O4/c1-4-12-5-6-13-9-19-15(8-14(13)7-12)24-11-18(2,3)17(23)20-10-16(21)22/h5-9H,4,10-11H2,1-3H3,(H,20,23)(H,21,22). The van der Waals surface area contributed by atoms with Gasteiger partial charge in [0.05, 0.1) is 5.41 Å². The molecule has 2 aromatic rings. The van der Waals surface area contributed by atoms with Gasteiger partial charge in [-0.3, -0.25) is 9.59 Å². The molecule has 0 bridgehead atoms. The smallest absolute Gasteiger partial charge is 0.322 e. The van der Waals surface area contributed by atoms with E-state index in [4.69, 9.17) is 9.84 Å². The van der Waals surface area contributed by atoms with Gasteiger partial charge in [0.25, 0.3) is 0 Å². The van der Waals surface area contributed by atoms with Gasteiger partial charge in [-0.25, -0.2) is 4.98 Å². The van der Waals surface area contributed by atoms with E-state index >= 15 is 0 Å². The van der Waals surface area contributed by atoms with Crippen molar-refractivity contribution in [3.8, 4) is 5.88 Å². The van der Waals surface area contributed by atoms with E-state index in [-0.39, 0.29) is 12.5 Å². The number of hydrogen-bond donors (Lipinski definition) is 2. The summed E-state index contributed by atoms with van der Waals surface area (Å²) in [4.78, 5) is 26.8. The van der Waals surface area contributed by atoms with Crippen LogP contribution in [-0.2, 0) is 16.0 Å². The number of carboxylic acids is 1. The highest BCUT2D eigenvalue weighted by Crippen LogP contribution is 2.22. The Labute approximate surface area is 140 Å². The molecule has 0 fully saturated rings. The summed E-state index contributed by atoms with van der Waals surface area (Å²) in [5, 5.41) is 13.0. The van der Waals surface area contributed by atoms with E-state index in [0.29, 0.717) is 5.88 Å². The van der Waals surface area contributed by atoms with Gasteiger partial charge in [0.1, 0.15) is 13.2 Å². The Morgan fingerprint density at radius 1 is 1.25 bits per heavy atom. The second-order valence-electron chi connectivity index (χ2n) is 6.31. The van der Waals surface area contributed by atoms with Crippen LogP contribution in [0.2, 0.25) is 0 Å². The molecule has 1 amide bonds. The number of carbonyl (C=O) groups excluding carboxylic acids is 1. The fourth-order valence-corrected chi connectivity index (χ4v) is 2.18. The lowest BCUT2D eigenvalue weighted by Crippen LogP contribution is -2.42. The zero-order chi connectivity index (χ0) is 17.7. The molecule has 0 aliphatic rings. The van der Waals surface area contributed by atoms with Crippen LogP contribution in [0.1, 0.15) is 26.3 Å². The molecular weight excluding hydrogens is 308 g/mol. The van der Waals surface area contributed by atoms with Gasteiger partial charge in [0.2, 0.25) is 11.8 Å². The molecule has 0 aliphatic heterocycles. The van der Waals surface area contributed by atoms with Crippen LogP contribution in [0.25, 0.3) is 10.8 Å². The number of benzene rings is 1. The van der Waals surface area contributed by atoms with Crippen LogP contribution in [0, 0.1) is 5.41 Å². The van der Waals surface area contributed by atoms with E-state index in [1.165, 1.54) is 5.56 Å². The van der Waals surface area contributed by atoms with E-state index in [2.05, 4.69) is 29.4 Å². The van der Waals surface area contributed by atoms with Crippen LogP contribution < -0.4 is 10.1 Å². The summed E-state index contributed by atoms with van der Waals surface area (Å²) in [6.07, 6.45) is 2.69. The van der Waals surface area contributed by atoms with Gasteiger partial charge >= 0.3 is 5.97 Å². The van der Waals surface area contributed by atoms with Crippen molar-refractivity contribution in [2.45, 2.75) is 27.2 Å². The second kappa shape index (κ2) is 7.29. The zero-order valence-electron chi connectivity index (χ0n) is 14.1. The summed E-state index contributed by atoms with van der Waals surface area (Å²) >= 11 is 0. The van der Waals surface area contributed by atoms with Crippen molar-refractivity contribution >= 4 is 22.6 Å². The van der Waals surface area contributed by atoms with Crippen LogP contribution in [0.15, 0.2) is 30.5 Å². The highest BCUT2D eigenvalue weighted by Gasteiger charge is 2.29. The Morgan fingerprint density at radius 2 is 2.00 bits per heavy atom. The van der Waals surface area contributed by atoms with Crippen LogP contribution in [-0.4, -0.2) is 35.1 Å². The molecule has 128 valence electrons. The first-order valence-electron chi connectivity index (χ1n) is 7.83. The third-order valence-corrected chi connectivity index (χ3v) is 3.77. The molecule has 0 unspecified atom stereocenters. The topological polar surface area (TPSA) is 88.5 Å². The number of hydrogen-bond acceptors (Lipinski definition) is 4. The molecule has 0 saturated heterocycles. The average Bonchev–Trinajstić information content (AvgIpc) is 2.56. The predicted octanol–water partition coefficient (Wildman–Crippen LogP) is 2.40. The Bertz CT molecular complexity index is 756. The van der Waals surface area contributed by atoms with Crippen LogP contribution >= 0.6 is 0 Å². The summed E-state index contributed by atoms with van der Waals surface area (Å²) in [5.41, 5.74) is 0.366. The maximum atomic E-state index is 12.0. The number of carbonyl (C=O) groups is 2. The minimum absolute atomic E-state index is 0.102.